The van der Waals surface area contributed by atoms with Crippen molar-refractivity contribution in [2.45, 2.75) is 18.3 Å². The lowest BCUT2D eigenvalue weighted by molar-refractivity contribution is -0.137. The molecule has 29 heavy (non-hydrogen) atoms. The van der Waals surface area contributed by atoms with Gasteiger partial charge in [0.2, 0.25) is 5.91 Å². The number of amides is 2. The maximum atomic E-state index is 14.1. The van der Waals surface area contributed by atoms with Crippen LogP contribution < -0.4 is 10.1 Å². The van der Waals surface area contributed by atoms with E-state index in [1.54, 1.807) is 47.4 Å². The standard InChI is InChI=1S/C22H23FN2O4/c23-19-4-2-1-3-18(19)22(9-10-22)21(27)24-16-5-7-17(8-6-16)29-15-20(26)25-11-13-28-14-12-25/h1-8H,9-15H2,(H,24,27). The second-order valence-corrected chi connectivity index (χ2v) is 7.32. The molecule has 0 radical (unpaired) electrons. The predicted molar refractivity (Wildman–Crippen MR) is 105 cm³/mol. The number of nitrogens with zero attached hydrogens (tertiary/aromatic N) is 1. The Morgan fingerprint density at radius 1 is 1.07 bits per heavy atom. The zero-order chi connectivity index (χ0) is 20.3. The van der Waals surface area contributed by atoms with Crippen LogP contribution in [0.2, 0.25) is 0 Å². The summed E-state index contributed by atoms with van der Waals surface area (Å²) in [5.41, 5.74) is 0.258. The van der Waals surface area contributed by atoms with Crippen molar-refractivity contribution in [2.75, 3.05) is 38.2 Å². The smallest absolute Gasteiger partial charge is 0.260 e. The molecule has 1 N–H and O–H groups in total. The van der Waals surface area contributed by atoms with Gasteiger partial charge in [-0.1, -0.05) is 18.2 Å². The highest BCUT2D eigenvalue weighted by Crippen LogP contribution is 2.49. The van der Waals surface area contributed by atoms with Crippen LogP contribution >= 0.6 is 0 Å². The maximum absolute atomic E-state index is 14.1. The topological polar surface area (TPSA) is 67.9 Å². The van der Waals surface area contributed by atoms with Gasteiger partial charge < -0.3 is 19.7 Å². The first-order valence-corrected chi connectivity index (χ1v) is 9.73. The van der Waals surface area contributed by atoms with Crippen LogP contribution in [0.25, 0.3) is 0 Å². The molecule has 0 unspecified atom stereocenters. The van der Waals surface area contributed by atoms with Gasteiger partial charge in [-0.05, 0) is 43.2 Å². The number of halogens is 1. The van der Waals surface area contributed by atoms with E-state index in [1.165, 1.54) is 6.07 Å². The first-order valence-electron chi connectivity index (χ1n) is 9.73. The lowest BCUT2D eigenvalue weighted by atomic mass is 9.94. The minimum Gasteiger partial charge on any atom is -0.484 e. The zero-order valence-electron chi connectivity index (χ0n) is 16.0. The second kappa shape index (κ2) is 8.21. The van der Waals surface area contributed by atoms with E-state index in [0.717, 1.165) is 0 Å². The van der Waals surface area contributed by atoms with E-state index >= 15 is 0 Å². The van der Waals surface area contributed by atoms with Gasteiger partial charge in [-0.15, -0.1) is 0 Å². The lowest BCUT2D eigenvalue weighted by Crippen LogP contribution is -2.42. The number of rotatable bonds is 6. The Labute approximate surface area is 168 Å². The highest BCUT2D eigenvalue weighted by atomic mass is 19.1. The molecular formula is C22H23FN2O4. The molecular weight excluding hydrogens is 375 g/mol. The predicted octanol–water partition coefficient (Wildman–Crippen LogP) is 2.73. The molecule has 2 aliphatic rings. The van der Waals surface area contributed by atoms with E-state index in [1.807, 2.05) is 0 Å². The van der Waals surface area contributed by atoms with E-state index in [-0.39, 0.29) is 24.2 Å². The summed E-state index contributed by atoms with van der Waals surface area (Å²) in [5.74, 6) is -0.0984. The van der Waals surface area contributed by atoms with E-state index < -0.39 is 5.41 Å². The highest BCUT2D eigenvalue weighted by molar-refractivity contribution is 6.01. The van der Waals surface area contributed by atoms with Crippen molar-refractivity contribution in [3.63, 3.8) is 0 Å². The fraction of sp³-hybridized carbons (Fsp3) is 0.364. The molecule has 1 saturated heterocycles. The summed E-state index contributed by atoms with van der Waals surface area (Å²) in [5, 5.41) is 2.86. The number of nitrogens with one attached hydrogen (secondary N) is 1. The van der Waals surface area contributed by atoms with Crippen LogP contribution in [0.1, 0.15) is 18.4 Å². The minimum atomic E-state index is -0.787. The van der Waals surface area contributed by atoms with Crippen LogP contribution in [-0.2, 0) is 19.7 Å². The second-order valence-electron chi connectivity index (χ2n) is 7.32. The van der Waals surface area contributed by atoms with Crippen LogP contribution in [0.5, 0.6) is 5.75 Å². The Morgan fingerprint density at radius 2 is 1.76 bits per heavy atom. The maximum Gasteiger partial charge on any atom is 0.260 e. The minimum absolute atomic E-state index is 0.0396. The largest absolute Gasteiger partial charge is 0.484 e. The highest BCUT2D eigenvalue weighted by Gasteiger charge is 2.52. The summed E-state index contributed by atoms with van der Waals surface area (Å²) < 4.78 is 24.9. The number of benzene rings is 2. The molecule has 0 bridgehead atoms. The third-order valence-electron chi connectivity index (χ3n) is 5.41. The molecule has 0 aromatic heterocycles. The quantitative estimate of drug-likeness (QED) is 0.813. The van der Waals surface area contributed by atoms with Gasteiger partial charge in [0.1, 0.15) is 11.6 Å². The monoisotopic (exact) mass is 398 g/mol. The molecule has 7 heteroatoms. The average Bonchev–Trinajstić information content (AvgIpc) is 3.56. The molecule has 2 fully saturated rings. The Balaban J connectivity index is 1.33. The summed E-state index contributed by atoms with van der Waals surface area (Å²) >= 11 is 0. The Hall–Kier alpha value is -2.93. The first kappa shape index (κ1) is 19.4. The molecule has 1 saturated carbocycles. The van der Waals surface area contributed by atoms with Gasteiger partial charge in [-0.2, -0.15) is 0 Å². The van der Waals surface area contributed by atoms with Crippen LogP contribution in [-0.4, -0.2) is 49.6 Å². The van der Waals surface area contributed by atoms with Crippen molar-refractivity contribution in [3.8, 4) is 5.75 Å². The Morgan fingerprint density at radius 3 is 2.41 bits per heavy atom. The van der Waals surface area contributed by atoms with Gasteiger partial charge in [0.05, 0.1) is 18.6 Å². The number of morpholine rings is 1. The first-order chi connectivity index (χ1) is 14.1. The molecule has 2 aromatic carbocycles. The van der Waals surface area contributed by atoms with Crippen LogP contribution in [0, 0.1) is 5.82 Å². The summed E-state index contributed by atoms with van der Waals surface area (Å²) in [6, 6.07) is 13.2. The molecule has 2 aromatic rings. The van der Waals surface area contributed by atoms with Gasteiger partial charge in [0.15, 0.2) is 6.61 Å². The third kappa shape index (κ3) is 4.24. The Bertz CT molecular complexity index is 890. The van der Waals surface area contributed by atoms with E-state index in [0.29, 0.717) is 56.1 Å². The molecule has 0 atom stereocenters. The zero-order valence-corrected chi connectivity index (χ0v) is 16.0. The van der Waals surface area contributed by atoms with E-state index in [2.05, 4.69) is 5.32 Å². The number of carbonyl (C=O) groups is 2. The summed E-state index contributed by atoms with van der Waals surface area (Å²) in [6.45, 7) is 2.22. The van der Waals surface area contributed by atoms with Crippen LogP contribution in [0.4, 0.5) is 10.1 Å². The van der Waals surface area contributed by atoms with Crippen LogP contribution in [0.15, 0.2) is 48.5 Å². The normalized spacial score (nSPS) is 17.5. The summed E-state index contributed by atoms with van der Waals surface area (Å²) in [7, 11) is 0. The molecule has 4 rings (SSSR count). The molecule has 1 heterocycles. The van der Waals surface area contributed by atoms with Crippen LogP contribution in [0.3, 0.4) is 0 Å². The van der Waals surface area contributed by atoms with Crippen molar-refractivity contribution < 1.29 is 23.5 Å². The molecule has 1 aliphatic heterocycles. The van der Waals surface area contributed by atoms with Crippen molar-refractivity contribution in [1.29, 1.82) is 0 Å². The molecule has 152 valence electrons. The van der Waals surface area contributed by atoms with Crippen molar-refractivity contribution in [1.82, 2.24) is 4.90 Å². The summed E-state index contributed by atoms with van der Waals surface area (Å²) in [6.07, 6.45) is 1.26. The van der Waals surface area contributed by atoms with Gasteiger partial charge >= 0.3 is 0 Å². The molecule has 6 nitrogen and oxygen atoms in total. The lowest BCUT2D eigenvalue weighted by Gasteiger charge is -2.26. The molecule has 2 amide bonds. The fourth-order valence-corrected chi connectivity index (χ4v) is 3.53. The van der Waals surface area contributed by atoms with E-state index in [9.17, 15) is 14.0 Å². The summed E-state index contributed by atoms with van der Waals surface area (Å²) in [4.78, 5) is 26.6. The van der Waals surface area contributed by atoms with Crippen molar-refractivity contribution in [2.24, 2.45) is 0 Å². The third-order valence-corrected chi connectivity index (χ3v) is 5.41. The van der Waals surface area contributed by atoms with Gasteiger partial charge in [-0.25, -0.2) is 4.39 Å². The SMILES string of the molecule is O=C(COc1ccc(NC(=O)C2(c3ccccc3F)CC2)cc1)N1CCOCC1. The number of hydrogen-bond acceptors (Lipinski definition) is 4. The van der Waals surface area contributed by atoms with Crippen molar-refractivity contribution >= 4 is 17.5 Å². The molecule has 0 spiro atoms. The number of carbonyl (C=O) groups excluding carboxylic acids is 2. The number of ether oxygens (including phenoxy) is 2. The molecule has 1 aliphatic carbocycles. The van der Waals surface area contributed by atoms with Gasteiger partial charge in [0.25, 0.3) is 5.91 Å². The van der Waals surface area contributed by atoms with Gasteiger partial charge in [0, 0.05) is 24.3 Å². The Kier molecular flexibility index (Phi) is 5.49. The number of anilines is 1. The number of hydrogen-bond donors (Lipinski definition) is 1. The van der Waals surface area contributed by atoms with Gasteiger partial charge in [-0.3, -0.25) is 9.59 Å². The fourth-order valence-electron chi connectivity index (χ4n) is 3.53. The average molecular weight is 398 g/mol. The van der Waals surface area contributed by atoms with Crippen molar-refractivity contribution in [3.05, 3.63) is 59.9 Å². The van der Waals surface area contributed by atoms with E-state index in [4.69, 9.17) is 9.47 Å².